The zero-order valence-corrected chi connectivity index (χ0v) is 13.4. The Morgan fingerprint density at radius 2 is 2.05 bits per heavy atom. The van der Waals surface area contributed by atoms with Crippen LogP contribution in [-0.2, 0) is 6.54 Å². The van der Waals surface area contributed by atoms with Crippen LogP contribution in [0.4, 0.5) is 0 Å². The Kier molecular flexibility index (Phi) is 6.06. The van der Waals surface area contributed by atoms with Gasteiger partial charge in [-0.15, -0.1) is 0 Å². The molecule has 112 valence electrons. The van der Waals surface area contributed by atoms with Crippen LogP contribution in [-0.4, -0.2) is 30.6 Å². The Bertz CT molecular complexity index is 402. The highest BCUT2D eigenvalue weighted by Crippen LogP contribution is 2.24. The van der Waals surface area contributed by atoms with Crippen LogP contribution in [0, 0.1) is 6.92 Å². The van der Waals surface area contributed by atoms with Crippen LogP contribution in [0.3, 0.4) is 0 Å². The van der Waals surface area contributed by atoms with Gasteiger partial charge in [0.25, 0.3) is 0 Å². The first-order valence-corrected chi connectivity index (χ1v) is 8.18. The quantitative estimate of drug-likeness (QED) is 0.850. The van der Waals surface area contributed by atoms with Crippen LogP contribution in [0.5, 0.6) is 0 Å². The Morgan fingerprint density at radius 1 is 1.25 bits per heavy atom. The molecule has 0 aromatic heterocycles. The van der Waals surface area contributed by atoms with Crippen LogP contribution < -0.4 is 5.32 Å². The average molecular weight is 274 g/mol. The summed E-state index contributed by atoms with van der Waals surface area (Å²) in [5, 5.41) is 3.70. The van der Waals surface area contributed by atoms with Gasteiger partial charge in [0.2, 0.25) is 0 Å². The summed E-state index contributed by atoms with van der Waals surface area (Å²) in [6, 6.07) is 10.2. The molecule has 0 aliphatic heterocycles. The monoisotopic (exact) mass is 274 g/mol. The van der Waals surface area contributed by atoms with Crippen molar-refractivity contribution in [2.45, 2.75) is 64.6 Å². The van der Waals surface area contributed by atoms with E-state index in [1.165, 1.54) is 49.8 Å². The van der Waals surface area contributed by atoms with Gasteiger partial charge < -0.3 is 5.32 Å². The minimum Gasteiger partial charge on any atom is -0.314 e. The first-order valence-electron chi connectivity index (χ1n) is 8.18. The SMILES string of the molecule is CCCNC1CCCC(N(C)Cc2ccccc2C)C1. The van der Waals surface area contributed by atoms with E-state index in [4.69, 9.17) is 0 Å². The van der Waals surface area contributed by atoms with Crippen LogP contribution >= 0.6 is 0 Å². The molecule has 1 aliphatic carbocycles. The third-order valence-electron chi connectivity index (χ3n) is 4.63. The van der Waals surface area contributed by atoms with E-state index >= 15 is 0 Å². The summed E-state index contributed by atoms with van der Waals surface area (Å²) < 4.78 is 0. The summed E-state index contributed by atoms with van der Waals surface area (Å²) in [6.07, 6.45) is 6.62. The molecule has 0 radical (unpaired) electrons. The van der Waals surface area contributed by atoms with Crippen molar-refractivity contribution in [3.05, 3.63) is 35.4 Å². The zero-order valence-electron chi connectivity index (χ0n) is 13.4. The summed E-state index contributed by atoms with van der Waals surface area (Å²) in [5.41, 5.74) is 2.88. The smallest absolute Gasteiger partial charge is 0.0236 e. The molecule has 2 rings (SSSR count). The second kappa shape index (κ2) is 7.80. The van der Waals surface area contributed by atoms with Crippen molar-refractivity contribution < 1.29 is 0 Å². The van der Waals surface area contributed by atoms with Gasteiger partial charge in [0.05, 0.1) is 0 Å². The molecule has 1 N–H and O–H groups in total. The third kappa shape index (κ3) is 4.32. The molecule has 2 nitrogen and oxygen atoms in total. The lowest BCUT2D eigenvalue weighted by atomic mass is 9.89. The van der Waals surface area contributed by atoms with Gasteiger partial charge in [-0.25, -0.2) is 0 Å². The predicted molar refractivity (Wildman–Crippen MR) is 87.0 cm³/mol. The van der Waals surface area contributed by atoms with Crippen LogP contribution in [0.1, 0.15) is 50.2 Å². The Morgan fingerprint density at radius 3 is 2.80 bits per heavy atom. The molecule has 1 aliphatic rings. The lowest BCUT2D eigenvalue weighted by Gasteiger charge is -2.36. The third-order valence-corrected chi connectivity index (χ3v) is 4.63. The maximum absolute atomic E-state index is 3.70. The van der Waals surface area contributed by atoms with E-state index in [0.29, 0.717) is 0 Å². The fraction of sp³-hybridized carbons (Fsp3) is 0.667. The Hall–Kier alpha value is -0.860. The number of hydrogen-bond donors (Lipinski definition) is 1. The van der Waals surface area contributed by atoms with Crippen LogP contribution in [0.15, 0.2) is 24.3 Å². The van der Waals surface area contributed by atoms with E-state index < -0.39 is 0 Å². The van der Waals surface area contributed by atoms with Crippen LogP contribution in [0.2, 0.25) is 0 Å². The fourth-order valence-electron chi connectivity index (χ4n) is 3.28. The first-order chi connectivity index (χ1) is 9.70. The van der Waals surface area contributed by atoms with Gasteiger partial charge in [0.1, 0.15) is 0 Å². The van der Waals surface area contributed by atoms with E-state index in [1.54, 1.807) is 0 Å². The molecule has 2 atom stereocenters. The van der Waals surface area contributed by atoms with Crippen molar-refractivity contribution >= 4 is 0 Å². The van der Waals surface area contributed by atoms with Crippen LogP contribution in [0.25, 0.3) is 0 Å². The lowest BCUT2D eigenvalue weighted by Crippen LogP contribution is -2.42. The highest BCUT2D eigenvalue weighted by atomic mass is 15.1. The lowest BCUT2D eigenvalue weighted by molar-refractivity contribution is 0.162. The second-order valence-corrected chi connectivity index (χ2v) is 6.31. The van der Waals surface area contributed by atoms with E-state index in [9.17, 15) is 0 Å². The van der Waals surface area contributed by atoms with Gasteiger partial charge in [-0.1, -0.05) is 37.6 Å². The maximum atomic E-state index is 3.70. The molecular formula is C18H30N2. The molecule has 1 aromatic carbocycles. The number of nitrogens with zero attached hydrogens (tertiary/aromatic N) is 1. The van der Waals surface area contributed by atoms with Crippen molar-refractivity contribution in [1.82, 2.24) is 10.2 Å². The summed E-state index contributed by atoms with van der Waals surface area (Å²) in [5.74, 6) is 0. The minimum atomic E-state index is 0.730. The van der Waals surface area contributed by atoms with Gasteiger partial charge >= 0.3 is 0 Å². The largest absolute Gasteiger partial charge is 0.314 e. The van der Waals surface area contributed by atoms with Crippen molar-refractivity contribution in [2.24, 2.45) is 0 Å². The number of hydrogen-bond acceptors (Lipinski definition) is 2. The molecular weight excluding hydrogens is 244 g/mol. The Labute approximate surface area is 124 Å². The summed E-state index contributed by atoms with van der Waals surface area (Å²) in [4.78, 5) is 2.56. The van der Waals surface area contributed by atoms with Crippen molar-refractivity contribution in [1.29, 1.82) is 0 Å². The number of benzene rings is 1. The maximum Gasteiger partial charge on any atom is 0.0236 e. The van der Waals surface area contributed by atoms with E-state index in [-0.39, 0.29) is 0 Å². The van der Waals surface area contributed by atoms with Gasteiger partial charge in [0.15, 0.2) is 0 Å². The zero-order chi connectivity index (χ0) is 14.4. The predicted octanol–water partition coefficient (Wildman–Crippen LogP) is 3.74. The molecule has 0 amide bonds. The number of rotatable bonds is 6. The first kappa shape index (κ1) is 15.5. The molecule has 0 saturated heterocycles. The van der Waals surface area contributed by atoms with Gasteiger partial charge in [-0.05, 0) is 57.3 Å². The van der Waals surface area contributed by atoms with Crippen molar-refractivity contribution in [3.8, 4) is 0 Å². The van der Waals surface area contributed by atoms with Crippen molar-refractivity contribution in [2.75, 3.05) is 13.6 Å². The average Bonchev–Trinajstić information content (AvgIpc) is 2.48. The number of nitrogens with one attached hydrogen (secondary N) is 1. The van der Waals surface area contributed by atoms with E-state index in [0.717, 1.165) is 18.6 Å². The highest BCUT2D eigenvalue weighted by Gasteiger charge is 2.24. The minimum absolute atomic E-state index is 0.730. The van der Waals surface area contributed by atoms with Gasteiger partial charge in [-0.3, -0.25) is 4.90 Å². The summed E-state index contributed by atoms with van der Waals surface area (Å²) in [7, 11) is 2.29. The van der Waals surface area contributed by atoms with Crippen molar-refractivity contribution in [3.63, 3.8) is 0 Å². The molecule has 2 heteroatoms. The molecule has 20 heavy (non-hydrogen) atoms. The molecule has 0 bridgehead atoms. The molecule has 1 fully saturated rings. The second-order valence-electron chi connectivity index (χ2n) is 6.31. The van der Waals surface area contributed by atoms with E-state index in [2.05, 4.69) is 55.4 Å². The van der Waals surface area contributed by atoms with E-state index in [1.807, 2.05) is 0 Å². The summed E-state index contributed by atoms with van der Waals surface area (Å²) >= 11 is 0. The highest BCUT2D eigenvalue weighted by molar-refractivity contribution is 5.25. The molecule has 1 saturated carbocycles. The normalized spacial score (nSPS) is 23.2. The molecule has 0 heterocycles. The molecule has 2 unspecified atom stereocenters. The molecule has 0 spiro atoms. The topological polar surface area (TPSA) is 15.3 Å². The fourth-order valence-corrected chi connectivity index (χ4v) is 3.28. The molecule has 1 aromatic rings. The Balaban J connectivity index is 1.88. The summed E-state index contributed by atoms with van der Waals surface area (Å²) in [6.45, 7) is 6.71. The standard InChI is InChI=1S/C18H30N2/c1-4-12-19-17-10-7-11-18(13-17)20(3)14-16-9-6-5-8-15(16)2/h5-6,8-9,17-19H,4,7,10-14H2,1-3H3. The van der Waals surface area contributed by atoms with Gasteiger partial charge in [-0.2, -0.15) is 0 Å². The van der Waals surface area contributed by atoms with Gasteiger partial charge in [0, 0.05) is 18.6 Å². The number of aryl methyl sites for hydroxylation is 1.